The molecule has 0 aromatic heterocycles. The van der Waals surface area contributed by atoms with Gasteiger partial charge in [-0.15, -0.1) is 0 Å². The van der Waals surface area contributed by atoms with Crippen LogP contribution in [-0.4, -0.2) is 36.4 Å². The monoisotopic (exact) mass is 501 g/mol. The third-order valence-electron chi connectivity index (χ3n) is 7.27. The molecule has 3 aliphatic carbocycles. The molecule has 0 spiro atoms. The van der Waals surface area contributed by atoms with E-state index in [-0.39, 0.29) is 35.4 Å². The quantitative estimate of drug-likeness (QED) is 0.444. The minimum atomic E-state index is -0.580. The smallest absolute Gasteiger partial charge is 0.410 e. The predicted octanol–water partition coefficient (Wildman–Crippen LogP) is 5.95. The van der Waals surface area contributed by atoms with Crippen molar-refractivity contribution in [3.05, 3.63) is 18.2 Å². The molecule has 1 aromatic carbocycles. The summed E-state index contributed by atoms with van der Waals surface area (Å²) in [5.41, 5.74) is 0. The van der Waals surface area contributed by atoms with Crippen molar-refractivity contribution < 1.29 is 28.6 Å². The third-order valence-corrected chi connectivity index (χ3v) is 7.27. The predicted molar refractivity (Wildman–Crippen MR) is 135 cm³/mol. The van der Waals surface area contributed by atoms with Crippen molar-refractivity contribution in [3.63, 3.8) is 0 Å². The van der Waals surface area contributed by atoms with Crippen LogP contribution in [-0.2, 0) is 0 Å². The van der Waals surface area contributed by atoms with E-state index in [1.807, 2.05) is 0 Å². The standard InChI is InChI=1S/C27H39N3O6/c31-25(28-19-10-4-1-5-11-19)34-22-16-23(35-26(32)29-20-12-6-2-7-13-20)18-24(17-22)36-27(33)30-21-14-8-3-9-15-21/h16-21H,1-15H2,(H,28,31)(H,29,32)(H,30,33). The van der Waals surface area contributed by atoms with Crippen molar-refractivity contribution in [2.75, 3.05) is 0 Å². The molecular formula is C27H39N3O6. The van der Waals surface area contributed by atoms with Gasteiger partial charge in [0.05, 0.1) is 0 Å². The lowest BCUT2D eigenvalue weighted by molar-refractivity contribution is 0.188. The summed E-state index contributed by atoms with van der Waals surface area (Å²) in [5, 5.41) is 8.68. The zero-order valence-electron chi connectivity index (χ0n) is 21.0. The first-order valence-electron chi connectivity index (χ1n) is 13.6. The van der Waals surface area contributed by atoms with Crippen LogP contribution in [0.5, 0.6) is 17.2 Å². The van der Waals surface area contributed by atoms with Crippen LogP contribution in [0.3, 0.4) is 0 Å². The summed E-state index contributed by atoms with van der Waals surface area (Å²) in [6, 6.07) is 4.61. The van der Waals surface area contributed by atoms with Crippen molar-refractivity contribution in [1.82, 2.24) is 16.0 Å². The fourth-order valence-corrected chi connectivity index (χ4v) is 5.37. The van der Waals surface area contributed by atoms with Crippen molar-refractivity contribution in [2.24, 2.45) is 0 Å². The molecule has 1 aromatic rings. The first-order chi connectivity index (χ1) is 17.5. The summed E-state index contributed by atoms with van der Waals surface area (Å²) in [6.07, 6.45) is 13.8. The van der Waals surface area contributed by atoms with Crippen molar-refractivity contribution in [2.45, 2.75) is 114 Å². The fourth-order valence-electron chi connectivity index (χ4n) is 5.37. The Kier molecular flexibility index (Phi) is 9.69. The van der Waals surface area contributed by atoms with Gasteiger partial charge < -0.3 is 30.2 Å². The Bertz CT molecular complexity index is 763. The van der Waals surface area contributed by atoms with Gasteiger partial charge in [-0.25, -0.2) is 14.4 Å². The van der Waals surface area contributed by atoms with Crippen LogP contribution in [0, 0.1) is 0 Å². The van der Waals surface area contributed by atoms with E-state index in [0.717, 1.165) is 77.0 Å². The van der Waals surface area contributed by atoms with E-state index in [1.54, 1.807) is 0 Å². The minimum absolute atomic E-state index is 0.0870. The lowest BCUT2D eigenvalue weighted by Crippen LogP contribution is -2.38. The molecule has 36 heavy (non-hydrogen) atoms. The van der Waals surface area contributed by atoms with Crippen LogP contribution in [0.2, 0.25) is 0 Å². The Morgan fingerprint density at radius 1 is 0.472 bits per heavy atom. The van der Waals surface area contributed by atoms with E-state index < -0.39 is 18.3 Å². The van der Waals surface area contributed by atoms with Gasteiger partial charge in [0.1, 0.15) is 17.2 Å². The Labute approximate surface area is 213 Å². The highest BCUT2D eigenvalue weighted by Gasteiger charge is 2.21. The van der Waals surface area contributed by atoms with Crippen LogP contribution in [0.25, 0.3) is 0 Å². The van der Waals surface area contributed by atoms with Gasteiger partial charge in [0, 0.05) is 36.3 Å². The number of ether oxygens (including phenoxy) is 3. The van der Waals surface area contributed by atoms with Gasteiger partial charge >= 0.3 is 18.3 Å². The van der Waals surface area contributed by atoms with Gasteiger partial charge in [-0.2, -0.15) is 0 Å². The summed E-state index contributed by atoms with van der Waals surface area (Å²) >= 11 is 0. The summed E-state index contributed by atoms with van der Waals surface area (Å²) in [7, 11) is 0. The van der Waals surface area contributed by atoms with E-state index in [9.17, 15) is 14.4 Å². The van der Waals surface area contributed by atoms with Gasteiger partial charge in [-0.05, 0) is 38.5 Å². The number of hydrogen-bond acceptors (Lipinski definition) is 6. The Balaban J connectivity index is 1.40. The largest absolute Gasteiger partial charge is 0.412 e. The third kappa shape index (κ3) is 8.60. The number of benzene rings is 1. The number of hydrogen-bond donors (Lipinski definition) is 3. The topological polar surface area (TPSA) is 115 Å². The number of carbonyl (C=O) groups excluding carboxylic acids is 3. The van der Waals surface area contributed by atoms with Gasteiger partial charge in [-0.3, -0.25) is 0 Å². The normalized spacial score (nSPS) is 19.7. The molecule has 198 valence electrons. The summed E-state index contributed by atoms with van der Waals surface area (Å²) < 4.78 is 16.5. The zero-order chi connectivity index (χ0) is 25.2. The summed E-state index contributed by atoms with van der Waals surface area (Å²) in [6.45, 7) is 0. The van der Waals surface area contributed by atoms with E-state index in [1.165, 1.54) is 37.5 Å². The van der Waals surface area contributed by atoms with Gasteiger partial charge in [-0.1, -0.05) is 57.8 Å². The lowest BCUT2D eigenvalue weighted by Gasteiger charge is -2.23. The molecule has 3 fully saturated rings. The highest BCUT2D eigenvalue weighted by molar-refractivity contribution is 5.74. The molecule has 0 atom stereocenters. The number of amides is 3. The average molecular weight is 502 g/mol. The highest BCUT2D eigenvalue weighted by atomic mass is 16.6. The van der Waals surface area contributed by atoms with E-state index >= 15 is 0 Å². The molecule has 0 saturated heterocycles. The highest BCUT2D eigenvalue weighted by Crippen LogP contribution is 2.29. The van der Waals surface area contributed by atoms with Gasteiger partial charge in [0.25, 0.3) is 0 Å². The molecule has 3 aliphatic rings. The Hall–Kier alpha value is -2.97. The maximum Gasteiger partial charge on any atom is 0.412 e. The summed E-state index contributed by atoms with van der Waals surface area (Å²) in [5.74, 6) is 0.394. The summed E-state index contributed by atoms with van der Waals surface area (Å²) in [4.78, 5) is 37.5. The first-order valence-corrected chi connectivity index (χ1v) is 13.6. The molecule has 3 saturated carbocycles. The second kappa shape index (κ2) is 13.4. The van der Waals surface area contributed by atoms with Crippen LogP contribution < -0.4 is 30.2 Å². The maximum absolute atomic E-state index is 12.5. The lowest BCUT2D eigenvalue weighted by atomic mass is 9.96. The molecule has 0 heterocycles. The maximum atomic E-state index is 12.5. The minimum Gasteiger partial charge on any atom is -0.410 e. The SMILES string of the molecule is O=C(NC1CCCCC1)Oc1cc(OC(=O)NC2CCCCC2)cc(OC(=O)NC2CCCCC2)c1. The Morgan fingerprint density at radius 2 is 0.722 bits per heavy atom. The molecule has 3 N–H and O–H groups in total. The molecule has 0 aliphatic heterocycles. The van der Waals surface area contributed by atoms with E-state index in [2.05, 4.69) is 16.0 Å². The number of rotatable bonds is 6. The number of nitrogens with one attached hydrogen (secondary N) is 3. The average Bonchev–Trinajstić information content (AvgIpc) is 2.85. The van der Waals surface area contributed by atoms with Gasteiger partial charge in [0.15, 0.2) is 0 Å². The molecule has 0 radical (unpaired) electrons. The van der Waals surface area contributed by atoms with Gasteiger partial charge in [0.2, 0.25) is 0 Å². The first kappa shape index (κ1) is 26.1. The van der Waals surface area contributed by atoms with E-state index in [0.29, 0.717) is 0 Å². The molecule has 0 unspecified atom stereocenters. The van der Waals surface area contributed by atoms with Crippen molar-refractivity contribution in [3.8, 4) is 17.2 Å². The van der Waals surface area contributed by atoms with Crippen LogP contribution in [0.1, 0.15) is 96.3 Å². The molecule has 9 heteroatoms. The fraction of sp³-hybridized carbons (Fsp3) is 0.667. The number of carbonyl (C=O) groups is 3. The second-order valence-corrected chi connectivity index (χ2v) is 10.2. The molecular weight excluding hydrogens is 462 g/mol. The molecule has 4 rings (SSSR count). The Morgan fingerprint density at radius 3 is 0.972 bits per heavy atom. The van der Waals surface area contributed by atoms with Crippen LogP contribution >= 0.6 is 0 Å². The van der Waals surface area contributed by atoms with Crippen molar-refractivity contribution in [1.29, 1.82) is 0 Å². The molecule has 9 nitrogen and oxygen atoms in total. The molecule has 0 bridgehead atoms. The van der Waals surface area contributed by atoms with Crippen LogP contribution in [0.15, 0.2) is 18.2 Å². The zero-order valence-corrected chi connectivity index (χ0v) is 21.0. The van der Waals surface area contributed by atoms with E-state index in [4.69, 9.17) is 14.2 Å². The second-order valence-electron chi connectivity index (χ2n) is 10.2. The molecule has 3 amide bonds. The van der Waals surface area contributed by atoms with Crippen molar-refractivity contribution >= 4 is 18.3 Å². The van der Waals surface area contributed by atoms with Crippen LogP contribution in [0.4, 0.5) is 14.4 Å².